The van der Waals surface area contributed by atoms with Crippen molar-refractivity contribution in [1.29, 1.82) is 0 Å². The molecule has 4 rings (SSSR count). The van der Waals surface area contributed by atoms with E-state index in [1.54, 1.807) is 31.2 Å². The van der Waals surface area contributed by atoms with Gasteiger partial charge in [0, 0.05) is 18.5 Å². The zero-order chi connectivity index (χ0) is 23.7. The zero-order valence-electron chi connectivity index (χ0n) is 18.8. The average molecular weight is 447 g/mol. The van der Waals surface area contributed by atoms with Gasteiger partial charge in [0.2, 0.25) is 11.8 Å². The summed E-state index contributed by atoms with van der Waals surface area (Å²) in [6.45, 7) is 6.11. The molecule has 1 fully saturated rings. The van der Waals surface area contributed by atoms with E-state index in [1.165, 1.54) is 4.57 Å². The Hall–Kier alpha value is -3.81. The van der Waals surface area contributed by atoms with Gasteiger partial charge < -0.3 is 5.32 Å². The van der Waals surface area contributed by atoms with Crippen molar-refractivity contribution >= 4 is 28.6 Å². The Morgan fingerprint density at radius 3 is 2.55 bits per heavy atom. The molecule has 2 N–H and O–H groups in total. The van der Waals surface area contributed by atoms with Crippen LogP contribution in [0.1, 0.15) is 66.0 Å². The van der Waals surface area contributed by atoms with Crippen molar-refractivity contribution in [2.45, 2.75) is 52.1 Å². The lowest BCUT2D eigenvalue weighted by atomic mass is 10.0. The maximum Gasteiger partial charge on any atom is 0.262 e. The lowest BCUT2D eigenvalue weighted by molar-refractivity contribution is -0.135. The van der Waals surface area contributed by atoms with E-state index < -0.39 is 11.9 Å². The van der Waals surface area contributed by atoms with Gasteiger partial charge >= 0.3 is 0 Å². The van der Waals surface area contributed by atoms with E-state index in [0.717, 1.165) is 11.1 Å². The van der Waals surface area contributed by atoms with Gasteiger partial charge in [0.25, 0.3) is 11.5 Å². The minimum Gasteiger partial charge on any atom is -0.348 e. The molecule has 8 nitrogen and oxygen atoms in total. The molecule has 0 bridgehead atoms. The Labute approximate surface area is 191 Å². The first kappa shape index (κ1) is 22.4. The number of carbonyl (C=O) groups is 3. The Morgan fingerprint density at radius 1 is 1.15 bits per heavy atom. The summed E-state index contributed by atoms with van der Waals surface area (Å²) in [5.41, 5.74) is 2.64. The van der Waals surface area contributed by atoms with Crippen molar-refractivity contribution in [1.82, 2.24) is 20.2 Å². The first-order chi connectivity index (χ1) is 15.7. The molecule has 170 valence electrons. The van der Waals surface area contributed by atoms with Crippen molar-refractivity contribution in [2.24, 2.45) is 0 Å². The molecular formula is C25H26N4O4. The number of rotatable bonds is 5. The van der Waals surface area contributed by atoms with Crippen LogP contribution in [0.5, 0.6) is 0 Å². The lowest BCUT2D eigenvalue weighted by Gasteiger charge is -2.24. The summed E-state index contributed by atoms with van der Waals surface area (Å²) < 4.78 is 1.35. The smallest absolute Gasteiger partial charge is 0.262 e. The van der Waals surface area contributed by atoms with Gasteiger partial charge in [0.05, 0.1) is 10.9 Å². The predicted molar refractivity (Wildman–Crippen MR) is 124 cm³/mol. The van der Waals surface area contributed by atoms with Gasteiger partial charge in [-0.1, -0.05) is 32.0 Å². The Balaban J connectivity index is 1.57. The summed E-state index contributed by atoms with van der Waals surface area (Å²) >= 11 is 0. The van der Waals surface area contributed by atoms with E-state index in [-0.39, 0.29) is 36.8 Å². The molecule has 0 radical (unpaired) electrons. The van der Waals surface area contributed by atoms with Gasteiger partial charge in [0.1, 0.15) is 11.9 Å². The summed E-state index contributed by atoms with van der Waals surface area (Å²) in [6, 6.07) is 12.0. The number of nitrogens with one attached hydrogen (secondary N) is 2. The highest BCUT2D eigenvalue weighted by Crippen LogP contribution is 2.20. The minimum absolute atomic E-state index is 0.171. The van der Waals surface area contributed by atoms with Crippen LogP contribution < -0.4 is 16.2 Å². The molecule has 3 aromatic rings. The van der Waals surface area contributed by atoms with Crippen molar-refractivity contribution in [2.75, 3.05) is 0 Å². The summed E-state index contributed by atoms with van der Waals surface area (Å²) in [6.07, 6.45) is 0.425. The monoisotopic (exact) mass is 446 g/mol. The maximum absolute atomic E-state index is 13.2. The van der Waals surface area contributed by atoms with Gasteiger partial charge in [-0.05, 0) is 54.7 Å². The van der Waals surface area contributed by atoms with Crippen molar-refractivity contribution in [3.63, 3.8) is 0 Å². The number of nitrogens with zero attached hydrogens (tertiary/aromatic N) is 2. The van der Waals surface area contributed by atoms with Crippen LogP contribution in [0.2, 0.25) is 0 Å². The lowest BCUT2D eigenvalue weighted by Crippen LogP contribution is -2.45. The van der Waals surface area contributed by atoms with Crippen molar-refractivity contribution in [3.8, 4) is 0 Å². The molecule has 1 atom stereocenters. The number of piperidine rings is 1. The average Bonchev–Trinajstić information content (AvgIpc) is 2.79. The quantitative estimate of drug-likeness (QED) is 0.586. The molecule has 0 aliphatic carbocycles. The molecule has 1 saturated heterocycles. The number of aryl methyl sites for hydroxylation is 1. The highest BCUT2D eigenvalue weighted by molar-refractivity contribution is 5.99. The third kappa shape index (κ3) is 4.55. The van der Waals surface area contributed by atoms with Gasteiger partial charge in [-0.25, -0.2) is 4.98 Å². The van der Waals surface area contributed by atoms with Crippen LogP contribution in [-0.2, 0) is 16.1 Å². The number of amides is 3. The fourth-order valence-electron chi connectivity index (χ4n) is 4.07. The van der Waals surface area contributed by atoms with Gasteiger partial charge in [-0.3, -0.25) is 29.1 Å². The molecule has 3 amide bonds. The number of carbonyl (C=O) groups excluding carboxylic acids is 3. The second-order valence-electron chi connectivity index (χ2n) is 8.61. The van der Waals surface area contributed by atoms with E-state index in [2.05, 4.69) is 29.5 Å². The van der Waals surface area contributed by atoms with Crippen LogP contribution in [0.25, 0.3) is 10.9 Å². The number of aromatic nitrogens is 2. The highest BCUT2D eigenvalue weighted by Gasteiger charge is 2.30. The molecule has 1 aliphatic heterocycles. The number of fused-ring (bicyclic) bond motifs is 1. The van der Waals surface area contributed by atoms with Crippen LogP contribution in [0, 0.1) is 6.92 Å². The fraction of sp³-hybridized carbons (Fsp3) is 0.320. The third-order valence-electron chi connectivity index (χ3n) is 5.96. The van der Waals surface area contributed by atoms with Gasteiger partial charge in [-0.2, -0.15) is 0 Å². The van der Waals surface area contributed by atoms with Crippen LogP contribution in [0.3, 0.4) is 0 Å². The third-order valence-corrected chi connectivity index (χ3v) is 5.96. The van der Waals surface area contributed by atoms with E-state index in [9.17, 15) is 19.2 Å². The Bertz CT molecular complexity index is 1310. The first-order valence-corrected chi connectivity index (χ1v) is 11.0. The van der Waals surface area contributed by atoms with Gasteiger partial charge in [0.15, 0.2) is 0 Å². The maximum atomic E-state index is 13.2. The number of hydrogen-bond acceptors (Lipinski definition) is 5. The second-order valence-corrected chi connectivity index (χ2v) is 8.61. The summed E-state index contributed by atoms with van der Waals surface area (Å²) in [4.78, 5) is 54.1. The molecule has 1 aliphatic rings. The fourth-order valence-corrected chi connectivity index (χ4v) is 4.07. The number of benzene rings is 2. The molecule has 2 heterocycles. The standard InChI is InChI=1S/C25H26N4O4/c1-14(2)17-5-7-18(8-6-17)23(31)26-13-16-4-9-20-19(12-16)25(33)29(15(3)27-20)21-10-11-22(30)28-24(21)32/h4-9,12,14,21H,10-11,13H2,1-3H3,(H,26,31)(H,28,30,32). The van der Waals surface area contributed by atoms with Crippen LogP contribution in [-0.4, -0.2) is 27.3 Å². The predicted octanol–water partition coefficient (Wildman–Crippen LogP) is 2.74. The Kier molecular flexibility index (Phi) is 6.09. The molecule has 33 heavy (non-hydrogen) atoms. The van der Waals surface area contributed by atoms with E-state index in [0.29, 0.717) is 28.2 Å². The largest absolute Gasteiger partial charge is 0.348 e. The van der Waals surface area contributed by atoms with Crippen LogP contribution >= 0.6 is 0 Å². The SMILES string of the molecule is Cc1nc2ccc(CNC(=O)c3ccc(C(C)C)cc3)cc2c(=O)n1C1CCC(=O)NC1=O. The molecular weight excluding hydrogens is 420 g/mol. The molecule has 0 saturated carbocycles. The molecule has 8 heteroatoms. The van der Waals surface area contributed by atoms with Crippen LogP contribution in [0.15, 0.2) is 47.3 Å². The summed E-state index contributed by atoms with van der Waals surface area (Å²) in [7, 11) is 0. The van der Waals surface area contributed by atoms with E-state index >= 15 is 0 Å². The zero-order valence-corrected chi connectivity index (χ0v) is 18.8. The first-order valence-electron chi connectivity index (χ1n) is 11.0. The highest BCUT2D eigenvalue weighted by atomic mass is 16.2. The van der Waals surface area contributed by atoms with Crippen molar-refractivity contribution < 1.29 is 14.4 Å². The number of imide groups is 1. The molecule has 0 spiro atoms. The molecule has 2 aromatic carbocycles. The minimum atomic E-state index is -0.774. The van der Waals surface area contributed by atoms with E-state index in [4.69, 9.17) is 0 Å². The Morgan fingerprint density at radius 2 is 1.88 bits per heavy atom. The summed E-state index contributed by atoms with van der Waals surface area (Å²) in [5.74, 6) is -0.237. The van der Waals surface area contributed by atoms with Gasteiger partial charge in [-0.15, -0.1) is 0 Å². The topological polar surface area (TPSA) is 110 Å². The molecule has 1 unspecified atom stereocenters. The van der Waals surface area contributed by atoms with E-state index in [1.807, 2.05) is 18.2 Å². The molecule has 1 aromatic heterocycles. The second kappa shape index (κ2) is 8.97. The summed E-state index contributed by atoms with van der Waals surface area (Å²) in [5, 5.41) is 5.53. The normalized spacial score (nSPS) is 16.2. The van der Waals surface area contributed by atoms with Crippen molar-refractivity contribution in [3.05, 3.63) is 75.3 Å². The number of hydrogen-bond donors (Lipinski definition) is 2. The van der Waals surface area contributed by atoms with Crippen LogP contribution in [0.4, 0.5) is 0 Å².